The van der Waals surface area contributed by atoms with Gasteiger partial charge < -0.3 is 9.84 Å². The lowest BCUT2D eigenvalue weighted by atomic mass is 10.1. The highest BCUT2D eigenvalue weighted by Gasteiger charge is 2.14. The van der Waals surface area contributed by atoms with E-state index in [0.717, 1.165) is 4.57 Å². The van der Waals surface area contributed by atoms with Crippen LogP contribution in [0.4, 0.5) is 8.78 Å². The minimum Gasteiger partial charge on any atom is -0.485 e. The number of nitrogens with zero attached hydrogens (tertiary/aromatic N) is 2. The molecule has 1 aromatic carbocycles. The first-order chi connectivity index (χ1) is 9.49. The fourth-order valence-corrected chi connectivity index (χ4v) is 1.93. The van der Waals surface area contributed by atoms with Crippen molar-refractivity contribution >= 4 is 11.6 Å². The molecule has 1 atom stereocenters. The van der Waals surface area contributed by atoms with E-state index in [1.165, 1.54) is 12.4 Å². The van der Waals surface area contributed by atoms with E-state index in [2.05, 4.69) is 4.98 Å². The summed E-state index contributed by atoms with van der Waals surface area (Å²) < 4.78 is 31.5. The Balaban J connectivity index is 2.17. The molecule has 0 spiro atoms. The van der Waals surface area contributed by atoms with Crippen LogP contribution in [0.25, 0.3) is 0 Å². The van der Waals surface area contributed by atoms with Gasteiger partial charge in [0.1, 0.15) is 12.4 Å². The number of halogens is 3. The standard InChI is InChI=1S/C13H13ClF2N2O2/c1-8(19)10-6-9(14)2-3-11(10)20-7-12-17-4-5-18(12)13(15)16/h2-6,8,13,19H,7H2,1H3/t8-/m1/s1. The van der Waals surface area contributed by atoms with Gasteiger partial charge in [0.15, 0.2) is 5.82 Å². The molecule has 0 saturated heterocycles. The highest BCUT2D eigenvalue weighted by atomic mass is 35.5. The molecule has 1 N–H and O–H groups in total. The van der Waals surface area contributed by atoms with E-state index in [4.69, 9.17) is 16.3 Å². The Morgan fingerprint density at radius 2 is 2.20 bits per heavy atom. The molecule has 0 aliphatic heterocycles. The summed E-state index contributed by atoms with van der Waals surface area (Å²) in [4.78, 5) is 3.81. The Morgan fingerprint density at radius 1 is 1.45 bits per heavy atom. The van der Waals surface area contributed by atoms with Crippen molar-refractivity contribution in [1.82, 2.24) is 9.55 Å². The molecular formula is C13H13ClF2N2O2. The normalized spacial score (nSPS) is 12.7. The highest BCUT2D eigenvalue weighted by molar-refractivity contribution is 6.30. The number of alkyl halides is 2. The van der Waals surface area contributed by atoms with Crippen molar-refractivity contribution in [2.45, 2.75) is 26.2 Å². The van der Waals surface area contributed by atoms with Gasteiger partial charge in [0.05, 0.1) is 6.10 Å². The first-order valence-corrected chi connectivity index (χ1v) is 6.27. The summed E-state index contributed by atoms with van der Waals surface area (Å²) in [7, 11) is 0. The van der Waals surface area contributed by atoms with Crippen LogP contribution in [0.3, 0.4) is 0 Å². The molecule has 0 amide bonds. The minimum absolute atomic E-state index is 0.103. The van der Waals surface area contributed by atoms with E-state index in [-0.39, 0.29) is 12.4 Å². The van der Waals surface area contributed by atoms with Gasteiger partial charge in [-0.3, -0.25) is 4.57 Å². The summed E-state index contributed by atoms with van der Waals surface area (Å²) in [5.41, 5.74) is 0.493. The van der Waals surface area contributed by atoms with Crippen LogP contribution in [0, 0.1) is 0 Å². The number of benzene rings is 1. The van der Waals surface area contributed by atoms with Gasteiger partial charge in [-0.25, -0.2) is 4.98 Å². The van der Waals surface area contributed by atoms with Crippen molar-refractivity contribution in [3.05, 3.63) is 47.0 Å². The average Bonchev–Trinajstić information content (AvgIpc) is 2.85. The predicted octanol–water partition coefficient (Wildman–Crippen LogP) is 3.56. The SMILES string of the molecule is C[C@@H](O)c1cc(Cl)ccc1OCc1nccn1C(F)F. The van der Waals surface area contributed by atoms with Crippen LogP contribution in [-0.2, 0) is 6.61 Å². The number of aliphatic hydroxyl groups is 1. The molecule has 0 saturated carbocycles. The molecule has 7 heteroatoms. The van der Waals surface area contributed by atoms with E-state index in [1.54, 1.807) is 25.1 Å². The van der Waals surface area contributed by atoms with E-state index < -0.39 is 12.7 Å². The minimum atomic E-state index is -2.67. The molecule has 0 aliphatic rings. The average molecular weight is 303 g/mol. The van der Waals surface area contributed by atoms with Gasteiger partial charge >= 0.3 is 6.55 Å². The third-order valence-electron chi connectivity index (χ3n) is 2.74. The lowest BCUT2D eigenvalue weighted by molar-refractivity contribution is 0.0630. The molecule has 0 fully saturated rings. The summed E-state index contributed by atoms with van der Waals surface area (Å²) in [5, 5.41) is 10.1. The molecule has 108 valence electrons. The first-order valence-electron chi connectivity index (χ1n) is 5.89. The number of imidazole rings is 1. The molecule has 0 bridgehead atoms. The molecule has 4 nitrogen and oxygen atoms in total. The smallest absolute Gasteiger partial charge is 0.320 e. The predicted molar refractivity (Wildman–Crippen MR) is 69.9 cm³/mol. The van der Waals surface area contributed by atoms with Crippen LogP contribution < -0.4 is 4.74 Å². The second-order valence-electron chi connectivity index (χ2n) is 4.18. The van der Waals surface area contributed by atoms with Crippen molar-refractivity contribution < 1.29 is 18.6 Å². The van der Waals surface area contributed by atoms with Crippen LogP contribution in [0.1, 0.15) is 31.0 Å². The fraction of sp³-hybridized carbons (Fsp3) is 0.308. The summed E-state index contributed by atoms with van der Waals surface area (Å²) >= 11 is 5.85. The number of rotatable bonds is 5. The quantitative estimate of drug-likeness (QED) is 0.918. The van der Waals surface area contributed by atoms with Gasteiger partial charge in [-0.1, -0.05) is 11.6 Å². The Hall–Kier alpha value is -1.66. The topological polar surface area (TPSA) is 47.3 Å². The van der Waals surface area contributed by atoms with E-state index >= 15 is 0 Å². The number of hydrogen-bond donors (Lipinski definition) is 1. The zero-order valence-corrected chi connectivity index (χ0v) is 11.4. The molecule has 0 unspecified atom stereocenters. The van der Waals surface area contributed by atoms with Crippen LogP contribution in [0.5, 0.6) is 5.75 Å². The van der Waals surface area contributed by atoms with Crippen molar-refractivity contribution in [3.8, 4) is 5.75 Å². The third kappa shape index (κ3) is 3.26. The van der Waals surface area contributed by atoms with E-state index in [9.17, 15) is 13.9 Å². The molecular weight excluding hydrogens is 290 g/mol. The summed E-state index contributed by atoms with van der Waals surface area (Å²) in [5.74, 6) is 0.486. The molecule has 1 aromatic heterocycles. The van der Waals surface area contributed by atoms with Gasteiger partial charge in [-0.05, 0) is 25.1 Å². The Bertz CT molecular complexity index is 588. The zero-order chi connectivity index (χ0) is 14.7. The van der Waals surface area contributed by atoms with Crippen molar-refractivity contribution in [3.63, 3.8) is 0 Å². The summed E-state index contributed by atoms with van der Waals surface area (Å²) in [6.45, 7) is -1.23. The van der Waals surface area contributed by atoms with E-state index in [0.29, 0.717) is 16.3 Å². The Labute approximate surface area is 119 Å². The molecule has 0 aliphatic carbocycles. The molecule has 0 radical (unpaired) electrons. The van der Waals surface area contributed by atoms with Crippen molar-refractivity contribution in [2.24, 2.45) is 0 Å². The van der Waals surface area contributed by atoms with Crippen LogP contribution in [0.2, 0.25) is 5.02 Å². The third-order valence-corrected chi connectivity index (χ3v) is 2.97. The van der Waals surface area contributed by atoms with Gasteiger partial charge in [-0.15, -0.1) is 0 Å². The van der Waals surface area contributed by atoms with Crippen LogP contribution in [0.15, 0.2) is 30.6 Å². The number of hydrogen-bond acceptors (Lipinski definition) is 3. The van der Waals surface area contributed by atoms with Gasteiger partial charge in [0.25, 0.3) is 0 Å². The lowest BCUT2D eigenvalue weighted by Crippen LogP contribution is -2.08. The maximum Gasteiger partial charge on any atom is 0.320 e. The first kappa shape index (κ1) is 14.7. The van der Waals surface area contributed by atoms with Crippen LogP contribution in [-0.4, -0.2) is 14.7 Å². The highest BCUT2D eigenvalue weighted by Crippen LogP contribution is 2.29. The largest absolute Gasteiger partial charge is 0.485 e. The monoisotopic (exact) mass is 302 g/mol. The summed E-state index contributed by atoms with van der Waals surface area (Å²) in [6.07, 6.45) is 1.68. The van der Waals surface area contributed by atoms with Gasteiger partial charge in [-0.2, -0.15) is 8.78 Å². The maximum atomic E-state index is 12.7. The number of ether oxygens (including phenoxy) is 1. The fourth-order valence-electron chi connectivity index (χ4n) is 1.75. The Kier molecular flexibility index (Phi) is 4.57. The molecule has 2 aromatic rings. The van der Waals surface area contributed by atoms with E-state index in [1.807, 2.05) is 0 Å². The molecule has 20 heavy (non-hydrogen) atoms. The summed E-state index contributed by atoms with van der Waals surface area (Å²) in [6, 6.07) is 4.75. The maximum absolute atomic E-state index is 12.7. The van der Waals surface area contributed by atoms with Crippen molar-refractivity contribution in [1.29, 1.82) is 0 Å². The van der Waals surface area contributed by atoms with Gasteiger partial charge in [0, 0.05) is 23.0 Å². The van der Waals surface area contributed by atoms with Crippen LogP contribution >= 0.6 is 11.6 Å². The van der Waals surface area contributed by atoms with Crippen molar-refractivity contribution in [2.75, 3.05) is 0 Å². The Morgan fingerprint density at radius 3 is 2.85 bits per heavy atom. The second-order valence-corrected chi connectivity index (χ2v) is 4.61. The molecule has 2 rings (SSSR count). The lowest BCUT2D eigenvalue weighted by Gasteiger charge is -2.14. The number of aromatic nitrogens is 2. The number of aliphatic hydroxyl groups excluding tert-OH is 1. The van der Waals surface area contributed by atoms with Gasteiger partial charge in [0.2, 0.25) is 0 Å². The zero-order valence-electron chi connectivity index (χ0n) is 10.6. The second kappa shape index (κ2) is 6.19. The molecule has 1 heterocycles.